The predicted octanol–water partition coefficient (Wildman–Crippen LogP) is 3.09. The average Bonchev–Trinajstić information content (AvgIpc) is 3.35. The molecule has 0 saturated heterocycles. The highest BCUT2D eigenvalue weighted by molar-refractivity contribution is 6.04. The van der Waals surface area contributed by atoms with E-state index in [1.807, 2.05) is 48.5 Å². The summed E-state index contributed by atoms with van der Waals surface area (Å²) in [5, 5.41) is 3.96. The van der Waals surface area contributed by atoms with Gasteiger partial charge in [-0.2, -0.15) is 0 Å². The number of ketones is 1. The predicted molar refractivity (Wildman–Crippen MR) is 96.2 cm³/mol. The second-order valence-electron chi connectivity index (χ2n) is 6.57. The smallest absolute Gasteiger partial charge is 0.351 e. The van der Waals surface area contributed by atoms with Crippen LogP contribution < -0.4 is 0 Å². The number of hydrogen-bond donors (Lipinski definition) is 0. The van der Waals surface area contributed by atoms with E-state index in [1.165, 1.54) is 11.1 Å². The van der Waals surface area contributed by atoms with Gasteiger partial charge in [0.1, 0.15) is 0 Å². The molecule has 1 aliphatic heterocycles. The Hall–Kier alpha value is -2.95. The molecule has 132 valence electrons. The number of carbonyl (C=O) groups excluding carboxylic acids is 2. The summed E-state index contributed by atoms with van der Waals surface area (Å²) >= 11 is 0. The van der Waals surface area contributed by atoms with Crippen molar-refractivity contribution in [3.63, 3.8) is 0 Å². The molecule has 2 aromatic rings. The lowest BCUT2D eigenvalue weighted by molar-refractivity contribution is -0.154. The molecular weight excluding hydrogens is 330 g/mol. The number of carbonyl (C=O) groups is 2. The van der Waals surface area contributed by atoms with Crippen molar-refractivity contribution in [3.8, 4) is 0 Å². The lowest BCUT2D eigenvalue weighted by atomic mass is 10.0. The van der Waals surface area contributed by atoms with Gasteiger partial charge in [-0.3, -0.25) is 4.79 Å². The summed E-state index contributed by atoms with van der Waals surface area (Å²) in [5.41, 5.74) is 4.74. The van der Waals surface area contributed by atoms with Crippen LogP contribution in [0.1, 0.15) is 39.9 Å². The number of aryl methyl sites for hydroxylation is 2. The Morgan fingerprint density at radius 1 is 1.08 bits per heavy atom. The molecule has 0 radical (unpaired) electrons. The number of nitrogens with zero attached hydrogens (tertiary/aromatic N) is 1. The highest BCUT2D eigenvalue weighted by atomic mass is 16.7. The molecule has 1 aliphatic carbocycles. The van der Waals surface area contributed by atoms with Crippen molar-refractivity contribution >= 4 is 17.5 Å². The molecule has 1 atom stereocenters. The molecule has 0 bridgehead atoms. The van der Waals surface area contributed by atoms with E-state index >= 15 is 0 Å². The molecule has 1 heterocycles. The molecule has 26 heavy (non-hydrogen) atoms. The fraction of sp³-hybridized carbons (Fsp3) is 0.286. The van der Waals surface area contributed by atoms with Crippen LogP contribution in [0.15, 0.2) is 53.7 Å². The van der Waals surface area contributed by atoms with Crippen LogP contribution in [0.25, 0.3) is 0 Å². The van der Waals surface area contributed by atoms with Crippen LogP contribution in [0.5, 0.6) is 0 Å². The van der Waals surface area contributed by atoms with Gasteiger partial charge in [0.15, 0.2) is 12.4 Å². The molecule has 0 amide bonds. The largest absolute Gasteiger partial charge is 0.454 e. The molecule has 4 rings (SSSR count). The number of oxime groups is 1. The zero-order chi connectivity index (χ0) is 17.9. The van der Waals surface area contributed by atoms with E-state index in [2.05, 4.69) is 5.16 Å². The molecule has 2 aliphatic rings. The first-order chi connectivity index (χ1) is 12.7. The summed E-state index contributed by atoms with van der Waals surface area (Å²) in [4.78, 5) is 29.7. The van der Waals surface area contributed by atoms with Crippen LogP contribution in [0.2, 0.25) is 0 Å². The maximum atomic E-state index is 12.3. The summed E-state index contributed by atoms with van der Waals surface area (Å²) < 4.78 is 5.16. The zero-order valence-electron chi connectivity index (χ0n) is 14.3. The van der Waals surface area contributed by atoms with Crippen molar-refractivity contribution < 1.29 is 19.2 Å². The lowest BCUT2D eigenvalue weighted by Gasteiger charge is -2.09. The Balaban J connectivity index is 1.31. The van der Waals surface area contributed by atoms with Crippen molar-refractivity contribution in [2.24, 2.45) is 5.16 Å². The summed E-state index contributed by atoms with van der Waals surface area (Å²) in [5.74, 6) is -0.760. The number of Topliss-reactive ketones (excluding diaryl/α,β-unsaturated/α-hetero) is 1. The summed E-state index contributed by atoms with van der Waals surface area (Å²) in [6.45, 7) is -0.280. The van der Waals surface area contributed by atoms with Gasteiger partial charge in [0.05, 0.1) is 5.71 Å². The van der Waals surface area contributed by atoms with Gasteiger partial charge in [-0.15, -0.1) is 0 Å². The summed E-state index contributed by atoms with van der Waals surface area (Å²) in [6.07, 6.45) is 2.76. The van der Waals surface area contributed by atoms with Gasteiger partial charge in [-0.1, -0.05) is 47.6 Å². The minimum absolute atomic E-state index is 0.199. The number of benzene rings is 2. The minimum Gasteiger partial charge on any atom is -0.454 e. The van der Waals surface area contributed by atoms with E-state index in [4.69, 9.17) is 9.57 Å². The third kappa shape index (κ3) is 3.38. The Kier molecular flexibility index (Phi) is 4.52. The van der Waals surface area contributed by atoms with Gasteiger partial charge in [-0.25, -0.2) is 4.79 Å². The first-order valence-corrected chi connectivity index (χ1v) is 8.80. The van der Waals surface area contributed by atoms with Gasteiger partial charge in [0.25, 0.3) is 0 Å². The standard InChI is InChI=1S/C21H19NO4/c23-19(17-10-9-14-7-4-8-16(14)11-17)13-25-21(24)20-12-18(22-26-20)15-5-2-1-3-6-15/h1-3,5-6,9-11,20H,4,7-8,12-13H2/t20-/m1/s1. The highest BCUT2D eigenvalue weighted by Gasteiger charge is 2.30. The number of fused-ring (bicyclic) bond motifs is 1. The molecule has 0 fully saturated rings. The molecule has 0 unspecified atom stereocenters. The van der Waals surface area contributed by atoms with E-state index in [9.17, 15) is 9.59 Å². The van der Waals surface area contributed by atoms with Crippen LogP contribution in [0.4, 0.5) is 0 Å². The normalized spacial score (nSPS) is 18.0. The third-order valence-electron chi connectivity index (χ3n) is 4.80. The quantitative estimate of drug-likeness (QED) is 0.615. The van der Waals surface area contributed by atoms with Crippen molar-refractivity contribution in [2.45, 2.75) is 31.8 Å². The second-order valence-corrected chi connectivity index (χ2v) is 6.57. The maximum absolute atomic E-state index is 12.3. The molecular formula is C21H19NO4. The summed E-state index contributed by atoms with van der Waals surface area (Å²) in [6, 6.07) is 15.3. The van der Waals surface area contributed by atoms with Crippen LogP contribution in [-0.2, 0) is 27.2 Å². The lowest BCUT2D eigenvalue weighted by Crippen LogP contribution is -2.26. The van der Waals surface area contributed by atoms with Crippen molar-refractivity contribution in [1.82, 2.24) is 0 Å². The van der Waals surface area contributed by atoms with Crippen molar-refractivity contribution in [2.75, 3.05) is 6.61 Å². The monoisotopic (exact) mass is 349 g/mol. The van der Waals surface area contributed by atoms with Gasteiger partial charge >= 0.3 is 5.97 Å². The number of hydrogen-bond acceptors (Lipinski definition) is 5. The van der Waals surface area contributed by atoms with E-state index in [-0.39, 0.29) is 12.4 Å². The molecule has 5 nitrogen and oxygen atoms in total. The Bertz CT molecular complexity index is 873. The highest BCUT2D eigenvalue weighted by Crippen LogP contribution is 2.23. The maximum Gasteiger partial charge on any atom is 0.351 e. The number of ether oxygens (including phenoxy) is 1. The average molecular weight is 349 g/mol. The molecule has 2 aromatic carbocycles. The van der Waals surface area contributed by atoms with Gasteiger partial charge < -0.3 is 9.57 Å². The SMILES string of the molecule is O=C(COC(=O)[C@H]1CC(c2ccccc2)=NO1)c1ccc2c(c1)CCC2. The Morgan fingerprint density at radius 2 is 1.88 bits per heavy atom. The fourth-order valence-electron chi connectivity index (χ4n) is 3.36. The van der Waals surface area contributed by atoms with E-state index < -0.39 is 12.1 Å². The van der Waals surface area contributed by atoms with Crippen LogP contribution in [0.3, 0.4) is 0 Å². The molecule has 0 aromatic heterocycles. The van der Waals surface area contributed by atoms with E-state index in [1.54, 1.807) is 0 Å². The molecule has 0 N–H and O–H groups in total. The number of esters is 1. The van der Waals surface area contributed by atoms with Crippen molar-refractivity contribution in [3.05, 3.63) is 70.8 Å². The Labute approximate surface area is 151 Å². The first-order valence-electron chi connectivity index (χ1n) is 8.80. The Morgan fingerprint density at radius 3 is 2.73 bits per heavy atom. The van der Waals surface area contributed by atoms with Crippen LogP contribution in [-0.4, -0.2) is 30.2 Å². The molecule has 0 saturated carbocycles. The van der Waals surface area contributed by atoms with Crippen LogP contribution in [0, 0.1) is 0 Å². The first kappa shape index (κ1) is 16.5. The van der Waals surface area contributed by atoms with Crippen LogP contribution >= 0.6 is 0 Å². The molecule has 0 spiro atoms. The third-order valence-corrected chi connectivity index (χ3v) is 4.80. The van der Waals surface area contributed by atoms with Crippen molar-refractivity contribution in [1.29, 1.82) is 0 Å². The number of rotatable bonds is 5. The second kappa shape index (κ2) is 7.12. The minimum atomic E-state index is -0.793. The topological polar surface area (TPSA) is 65.0 Å². The van der Waals surface area contributed by atoms with E-state index in [0.29, 0.717) is 17.7 Å². The van der Waals surface area contributed by atoms with Gasteiger partial charge in [0.2, 0.25) is 6.10 Å². The molecule has 5 heteroatoms. The van der Waals surface area contributed by atoms with E-state index in [0.717, 1.165) is 24.8 Å². The zero-order valence-corrected chi connectivity index (χ0v) is 14.3. The van der Waals surface area contributed by atoms with Gasteiger partial charge in [0, 0.05) is 12.0 Å². The summed E-state index contributed by atoms with van der Waals surface area (Å²) in [7, 11) is 0. The van der Waals surface area contributed by atoms with Gasteiger partial charge in [-0.05, 0) is 42.0 Å². The fourth-order valence-corrected chi connectivity index (χ4v) is 3.36.